The standard InChI is InChI=1S/C8H8O7S/c9-5-2-1-4(3-6(10)11)7(12)8(5)15-16(13)14/h1-2,9,12H,3H2,(H,10,11)(H,13,14)/p-1. The number of benzene rings is 1. The molecule has 0 saturated carbocycles. The lowest BCUT2D eigenvalue weighted by Gasteiger charge is -2.12. The topological polar surface area (TPSA) is 127 Å². The summed E-state index contributed by atoms with van der Waals surface area (Å²) < 4.78 is 24.6. The van der Waals surface area contributed by atoms with E-state index in [-0.39, 0.29) is 5.56 Å². The van der Waals surface area contributed by atoms with E-state index >= 15 is 0 Å². The second kappa shape index (κ2) is 4.81. The molecule has 0 saturated heterocycles. The fraction of sp³-hybridized carbons (Fsp3) is 0.125. The molecule has 0 amide bonds. The van der Waals surface area contributed by atoms with Gasteiger partial charge in [0.15, 0.2) is 11.5 Å². The second-order valence-corrected chi connectivity index (χ2v) is 3.35. The summed E-state index contributed by atoms with van der Waals surface area (Å²) in [7, 11) is 0. The van der Waals surface area contributed by atoms with E-state index in [0.717, 1.165) is 12.1 Å². The summed E-state index contributed by atoms with van der Waals surface area (Å²) >= 11 is -2.98. The number of phenolic OH excluding ortho intramolecular Hbond substituents is 2. The van der Waals surface area contributed by atoms with Crippen molar-refractivity contribution < 1.29 is 33.1 Å². The molecule has 88 valence electrons. The molecule has 0 bridgehead atoms. The number of aliphatic carboxylic acids is 1. The molecule has 1 aromatic rings. The number of aromatic hydroxyl groups is 2. The Labute approximate surface area is 92.4 Å². The first kappa shape index (κ1) is 12.3. The predicted octanol–water partition coefficient (Wildman–Crippen LogP) is -0.102. The first-order chi connectivity index (χ1) is 7.41. The molecule has 1 atom stereocenters. The van der Waals surface area contributed by atoms with Crippen LogP contribution < -0.4 is 4.18 Å². The Balaban J connectivity index is 3.15. The third-order valence-corrected chi connectivity index (χ3v) is 1.99. The van der Waals surface area contributed by atoms with Crippen molar-refractivity contribution in [2.24, 2.45) is 0 Å². The Morgan fingerprint density at radius 1 is 1.44 bits per heavy atom. The highest BCUT2D eigenvalue weighted by atomic mass is 32.2. The van der Waals surface area contributed by atoms with E-state index in [0.29, 0.717) is 0 Å². The SMILES string of the molecule is O=C(O)Cc1ccc(O)c(OS(=O)[O-])c1O. The van der Waals surface area contributed by atoms with Crippen molar-refractivity contribution in [3.63, 3.8) is 0 Å². The first-order valence-corrected chi connectivity index (χ1v) is 4.95. The highest BCUT2D eigenvalue weighted by Crippen LogP contribution is 2.38. The molecule has 0 fully saturated rings. The lowest BCUT2D eigenvalue weighted by atomic mass is 10.1. The summed E-state index contributed by atoms with van der Waals surface area (Å²) in [6.07, 6.45) is -0.520. The van der Waals surface area contributed by atoms with Gasteiger partial charge in [-0.1, -0.05) is 6.07 Å². The number of hydrogen-bond donors (Lipinski definition) is 3. The first-order valence-electron chi connectivity index (χ1n) is 3.95. The maximum atomic E-state index is 10.4. The fourth-order valence-corrected chi connectivity index (χ4v) is 1.36. The number of hydrogen-bond acceptors (Lipinski definition) is 6. The average molecular weight is 247 g/mol. The Bertz CT molecular complexity index is 442. The molecule has 16 heavy (non-hydrogen) atoms. The maximum absolute atomic E-state index is 10.4. The predicted molar refractivity (Wildman–Crippen MR) is 50.7 cm³/mol. The van der Waals surface area contributed by atoms with Gasteiger partial charge in [0.1, 0.15) is 11.4 Å². The van der Waals surface area contributed by atoms with Gasteiger partial charge in [-0.15, -0.1) is 0 Å². The number of rotatable bonds is 4. The van der Waals surface area contributed by atoms with Crippen molar-refractivity contribution in [1.82, 2.24) is 0 Å². The van der Waals surface area contributed by atoms with E-state index in [1.54, 1.807) is 0 Å². The highest BCUT2D eigenvalue weighted by molar-refractivity contribution is 7.74. The van der Waals surface area contributed by atoms with Gasteiger partial charge in [0.2, 0.25) is 5.75 Å². The summed E-state index contributed by atoms with van der Waals surface area (Å²) in [6, 6.07) is 2.18. The molecule has 7 nitrogen and oxygen atoms in total. The molecular formula is C8H7O7S-. The van der Waals surface area contributed by atoms with Crippen molar-refractivity contribution in [2.75, 3.05) is 0 Å². The van der Waals surface area contributed by atoms with Crippen LogP contribution in [0.15, 0.2) is 12.1 Å². The van der Waals surface area contributed by atoms with E-state index in [1.807, 2.05) is 0 Å². The molecule has 0 radical (unpaired) electrons. The number of carboxylic acid groups (broad SMARTS) is 1. The zero-order valence-corrected chi connectivity index (χ0v) is 8.56. The molecule has 0 spiro atoms. The summed E-state index contributed by atoms with van der Waals surface area (Å²) in [6.45, 7) is 0. The lowest BCUT2D eigenvalue weighted by Crippen LogP contribution is -2.03. The van der Waals surface area contributed by atoms with Crippen LogP contribution in [0.2, 0.25) is 0 Å². The smallest absolute Gasteiger partial charge is 0.307 e. The van der Waals surface area contributed by atoms with Crippen LogP contribution in [0.3, 0.4) is 0 Å². The van der Waals surface area contributed by atoms with Gasteiger partial charge in [0.25, 0.3) is 0 Å². The van der Waals surface area contributed by atoms with Gasteiger partial charge in [-0.05, 0) is 6.07 Å². The quantitative estimate of drug-likeness (QED) is 0.633. The third-order valence-electron chi connectivity index (χ3n) is 1.69. The highest BCUT2D eigenvalue weighted by Gasteiger charge is 2.16. The summed E-state index contributed by atoms with van der Waals surface area (Å²) in [5.74, 6) is -3.22. The van der Waals surface area contributed by atoms with Gasteiger partial charge in [-0.2, -0.15) is 0 Å². The zero-order valence-electron chi connectivity index (χ0n) is 7.74. The molecule has 0 aliphatic rings. The lowest BCUT2D eigenvalue weighted by molar-refractivity contribution is -0.136. The zero-order chi connectivity index (χ0) is 12.3. The van der Waals surface area contributed by atoms with E-state index in [9.17, 15) is 23.8 Å². The van der Waals surface area contributed by atoms with Crippen molar-refractivity contribution in [3.05, 3.63) is 17.7 Å². The number of carboxylic acids is 1. The minimum Gasteiger partial charge on any atom is -0.740 e. The van der Waals surface area contributed by atoms with Gasteiger partial charge in [0.05, 0.1) is 6.42 Å². The van der Waals surface area contributed by atoms with E-state index in [4.69, 9.17) is 5.11 Å². The minimum atomic E-state index is -2.98. The van der Waals surface area contributed by atoms with Crippen LogP contribution in [-0.4, -0.2) is 30.1 Å². The van der Waals surface area contributed by atoms with Crippen molar-refractivity contribution >= 4 is 17.3 Å². The molecule has 0 aromatic heterocycles. The molecule has 0 heterocycles. The maximum Gasteiger partial charge on any atom is 0.307 e. The molecule has 0 aliphatic heterocycles. The molecule has 1 rings (SSSR count). The van der Waals surface area contributed by atoms with Gasteiger partial charge in [-0.25, -0.2) is 4.21 Å². The third kappa shape index (κ3) is 2.84. The fourth-order valence-electron chi connectivity index (χ4n) is 1.06. The number of phenols is 2. The van der Waals surface area contributed by atoms with E-state index in [2.05, 4.69) is 4.18 Å². The largest absolute Gasteiger partial charge is 0.740 e. The van der Waals surface area contributed by atoms with Crippen LogP contribution in [0.4, 0.5) is 0 Å². The van der Waals surface area contributed by atoms with Crippen LogP contribution in [0.5, 0.6) is 17.2 Å². The summed E-state index contributed by atoms with van der Waals surface area (Å²) in [4.78, 5) is 10.4. The minimum absolute atomic E-state index is 0.0641. The van der Waals surface area contributed by atoms with Crippen LogP contribution in [0, 0.1) is 0 Å². The summed E-state index contributed by atoms with van der Waals surface area (Å²) in [5.41, 5.74) is -0.0641. The van der Waals surface area contributed by atoms with Crippen LogP contribution in [-0.2, 0) is 22.6 Å². The second-order valence-electron chi connectivity index (χ2n) is 2.78. The number of carbonyl (C=O) groups is 1. The Morgan fingerprint density at radius 3 is 2.56 bits per heavy atom. The Hall–Kier alpha value is -1.80. The molecule has 0 aliphatic carbocycles. The van der Waals surface area contributed by atoms with Gasteiger partial charge in [-0.3, -0.25) is 4.79 Å². The van der Waals surface area contributed by atoms with Gasteiger partial charge >= 0.3 is 5.97 Å². The van der Waals surface area contributed by atoms with Crippen LogP contribution in [0.1, 0.15) is 5.56 Å². The molecule has 8 heteroatoms. The average Bonchev–Trinajstić information content (AvgIpc) is 2.16. The molecule has 1 aromatic carbocycles. The van der Waals surface area contributed by atoms with Crippen molar-refractivity contribution in [1.29, 1.82) is 0 Å². The van der Waals surface area contributed by atoms with E-state index in [1.165, 1.54) is 0 Å². The Morgan fingerprint density at radius 2 is 2.06 bits per heavy atom. The normalized spacial score (nSPS) is 12.1. The van der Waals surface area contributed by atoms with Crippen LogP contribution >= 0.6 is 0 Å². The molecule has 1 unspecified atom stereocenters. The van der Waals surface area contributed by atoms with Crippen molar-refractivity contribution in [3.8, 4) is 17.2 Å². The summed E-state index contributed by atoms with van der Waals surface area (Å²) in [5, 5.41) is 27.1. The van der Waals surface area contributed by atoms with Gasteiger partial charge in [0, 0.05) is 5.56 Å². The van der Waals surface area contributed by atoms with Crippen molar-refractivity contribution in [2.45, 2.75) is 6.42 Å². The molecular weight excluding hydrogens is 240 g/mol. The van der Waals surface area contributed by atoms with Crippen LogP contribution in [0.25, 0.3) is 0 Å². The van der Waals surface area contributed by atoms with E-state index < -0.39 is 41.0 Å². The van der Waals surface area contributed by atoms with Gasteiger partial charge < -0.3 is 24.1 Å². The molecule has 3 N–H and O–H groups in total. The monoisotopic (exact) mass is 247 g/mol. The Kier molecular flexibility index (Phi) is 3.69.